The van der Waals surface area contributed by atoms with Crippen LogP contribution in [0.5, 0.6) is 0 Å². The van der Waals surface area contributed by atoms with Gasteiger partial charge in [0, 0.05) is 23.7 Å². The molecule has 166 valence electrons. The predicted octanol–water partition coefficient (Wildman–Crippen LogP) is 5.59. The topological polar surface area (TPSA) is 93.5 Å². The molecule has 2 aromatic carbocycles. The molecule has 0 saturated heterocycles. The molecule has 1 aliphatic carbocycles. The number of halogens is 1. The SMILES string of the molecule is Cc1onc(-c2ccccc2Cl)c1C(=O)NC1CCCC(OC(=O)Nc2ccccc2)C1. The van der Waals surface area contributed by atoms with Gasteiger partial charge in [-0.25, -0.2) is 4.79 Å². The number of rotatable bonds is 5. The molecule has 1 fully saturated rings. The van der Waals surface area contributed by atoms with E-state index in [9.17, 15) is 9.59 Å². The van der Waals surface area contributed by atoms with Crippen molar-refractivity contribution in [1.29, 1.82) is 0 Å². The molecule has 0 radical (unpaired) electrons. The van der Waals surface area contributed by atoms with Crippen LogP contribution in [0.4, 0.5) is 10.5 Å². The van der Waals surface area contributed by atoms with E-state index in [1.165, 1.54) is 0 Å². The fourth-order valence-electron chi connectivity index (χ4n) is 3.94. The van der Waals surface area contributed by atoms with Crippen molar-refractivity contribution < 1.29 is 18.8 Å². The molecule has 7 nitrogen and oxygen atoms in total. The normalized spacial score (nSPS) is 18.1. The summed E-state index contributed by atoms with van der Waals surface area (Å²) in [5.74, 6) is 0.140. The highest BCUT2D eigenvalue weighted by Gasteiger charge is 2.29. The lowest BCUT2D eigenvalue weighted by molar-refractivity contribution is 0.0712. The molecule has 0 aliphatic heterocycles. The van der Waals surface area contributed by atoms with Crippen LogP contribution in [0.3, 0.4) is 0 Å². The summed E-state index contributed by atoms with van der Waals surface area (Å²) < 4.78 is 10.9. The summed E-state index contributed by atoms with van der Waals surface area (Å²) in [5, 5.41) is 10.3. The number of para-hydroxylation sites is 1. The highest BCUT2D eigenvalue weighted by Crippen LogP contribution is 2.31. The lowest BCUT2D eigenvalue weighted by Gasteiger charge is -2.29. The van der Waals surface area contributed by atoms with Crippen LogP contribution in [0, 0.1) is 6.92 Å². The van der Waals surface area contributed by atoms with Crippen molar-refractivity contribution in [1.82, 2.24) is 10.5 Å². The number of nitrogens with one attached hydrogen (secondary N) is 2. The number of hydrogen-bond donors (Lipinski definition) is 2. The number of ether oxygens (including phenoxy) is 1. The van der Waals surface area contributed by atoms with E-state index in [0.717, 1.165) is 19.3 Å². The quantitative estimate of drug-likeness (QED) is 0.525. The van der Waals surface area contributed by atoms with Crippen LogP contribution in [0.15, 0.2) is 59.1 Å². The number of nitrogens with zero attached hydrogens (tertiary/aromatic N) is 1. The third kappa shape index (κ3) is 5.11. The van der Waals surface area contributed by atoms with Crippen LogP contribution in [-0.2, 0) is 4.74 Å². The first-order valence-corrected chi connectivity index (χ1v) is 10.9. The van der Waals surface area contributed by atoms with Gasteiger partial charge in [-0.15, -0.1) is 0 Å². The predicted molar refractivity (Wildman–Crippen MR) is 122 cm³/mol. The highest BCUT2D eigenvalue weighted by atomic mass is 35.5. The molecule has 0 bridgehead atoms. The molecule has 32 heavy (non-hydrogen) atoms. The van der Waals surface area contributed by atoms with Crippen molar-refractivity contribution in [2.24, 2.45) is 0 Å². The molecule has 2 N–H and O–H groups in total. The van der Waals surface area contributed by atoms with E-state index >= 15 is 0 Å². The molecule has 1 aromatic heterocycles. The number of benzene rings is 2. The average molecular weight is 454 g/mol. The van der Waals surface area contributed by atoms with Crippen LogP contribution < -0.4 is 10.6 Å². The Morgan fingerprint density at radius 3 is 2.62 bits per heavy atom. The summed E-state index contributed by atoms with van der Waals surface area (Å²) in [4.78, 5) is 25.3. The third-order valence-corrected chi connectivity index (χ3v) is 5.80. The first-order valence-electron chi connectivity index (χ1n) is 10.6. The van der Waals surface area contributed by atoms with Crippen molar-refractivity contribution in [2.45, 2.75) is 44.8 Å². The molecule has 4 rings (SSSR count). The van der Waals surface area contributed by atoms with Crippen LogP contribution in [0.1, 0.15) is 41.8 Å². The summed E-state index contributed by atoms with van der Waals surface area (Å²) in [5.41, 5.74) is 2.09. The largest absolute Gasteiger partial charge is 0.446 e. The molecule has 8 heteroatoms. The van der Waals surface area contributed by atoms with E-state index in [0.29, 0.717) is 39.7 Å². The smallest absolute Gasteiger partial charge is 0.411 e. The number of carbonyl (C=O) groups excluding carboxylic acids is 2. The van der Waals surface area contributed by atoms with Gasteiger partial charge in [0.2, 0.25) is 0 Å². The Balaban J connectivity index is 1.39. The Morgan fingerprint density at radius 1 is 1.09 bits per heavy atom. The summed E-state index contributed by atoms with van der Waals surface area (Å²) in [6.45, 7) is 1.70. The van der Waals surface area contributed by atoms with E-state index in [2.05, 4.69) is 15.8 Å². The number of hydrogen-bond acceptors (Lipinski definition) is 5. The molecular weight excluding hydrogens is 430 g/mol. The van der Waals surface area contributed by atoms with Crippen molar-refractivity contribution in [2.75, 3.05) is 5.32 Å². The van der Waals surface area contributed by atoms with Crippen molar-refractivity contribution in [3.8, 4) is 11.3 Å². The number of carbonyl (C=O) groups is 2. The number of aromatic nitrogens is 1. The van der Waals surface area contributed by atoms with Crippen LogP contribution >= 0.6 is 11.6 Å². The second kappa shape index (κ2) is 9.87. The molecule has 0 spiro atoms. The Hall–Kier alpha value is -3.32. The zero-order valence-electron chi connectivity index (χ0n) is 17.6. The van der Waals surface area contributed by atoms with Gasteiger partial charge in [0.1, 0.15) is 23.1 Å². The van der Waals surface area contributed by atoms with Crippen molar-refractivity contribution in [3.05, 3.63) is 70.9 Å². The van der Waals surface area contributed by atoms with Crippen molar-refractivity contribution >= 4 is 29.3 Å². The lowest BCUT2D eigenvalue weighted by Crippen LogP contribution is -2.41. The van der Waals surface area contributed by atoms with Gasteiger partial charge in [0.05, 0.1) is 5.02 Å². The third-order valence-electron chi connectivity index (χ3n) is 5.47. The fraction of sp³-hybridized carbons (Fsp3) is 0.292. The molecule has 2 unspecified atom stereocenters. The van der Waals surface area contributed by atoms with Gasteiger partial charge in [0.25, 0.3) is 5.91 Å². The number of aryl methyl sites for hydroxylation is 1. The van der Waals surface area contributed by atoms with Gasteiger partial charge in [-0.1, -0.05) is 53.2 Å². The minimum absolute atomic E-state index is 0.126. The molecule has 1 heterocycles. The number of amides is 2. The first-order chi connectivity index (χ1) is 15.5. The van der Waals surface area contributed by atoms with E-state index < -0.39 is 6.09 Å². The minimum Gasteiger partial charge on any atom is -0.446 e. The first kappa shape index (κ1) is 21.9. The summed E-state index contributed by atoms with van der Waals surface area (Å²) >= 11 is 6.29. The van der Waals surface area contributed by atoms with Crippen LogP contribution in [0.2, 0.25) is 5.02 Å². The van der Waals surface area contributed by atoms with Gasteiger partial charge in [0.15, 0.2) is 0 Å². The van der Waals surface area contributed by atoms with Crippen LogP contribution in [-0.4, -0.2) is 29.3 Å². The Morgan fingerprint density at radius 2 is 1.84 bits per heavy atom. The summed E-state index contributed by atoms with van der Waals surface area (Å²) in [6, 6.07) is 16.2. The van der Waals surface area contributed by atoms with E-state index in [1.54, 1.807) is 31.2 Å². The average Bonchev–Trinajstić information content (AvgIpc) is 3.16. The molecular formula is C24H24ClN3O4. The minimum atomic E-state index is -0.496. The van der Waals surface area contributed by atoms with Gasteiger partial charge in [-0.05, 0) is 44.4 Å². The Labute approximate surface area is 191 Å². The summed E-state index contributed by atoms with van der Waals surface area (Å²) in [6.07, 6.45) is 2.17. The lowest BCUT2D eigenvalue weighted by atomic mass is 9.92. The van der Waals surface area contributed by atoms with Crippen LogP contribution in [0.25, 0.3) is 11.3 Å². The fourth-order valence-corrected chi connectivity index (χ4v) is 4.16. The summed E-state index contributed by atoms with van der Waals surface area (Å²) in [7, 11) is 0. The van der Waals surface area contributed by atoms with Gasteiger partial charge >= 0.3 is 6.09 Å². The number of anilines is 1. The van der Waals surface area contributed by atoms with Gasteiger partial charge in [-0.3, -0.25) is 10.1 Å². The molecule has 3 aromatic rings. The van der Waals surface area contributed by atoms with E-state index in [1.807, 2.05) is 30.3 Å². The maximum atomic E-state index is 13.1. The van der Waals surface area contributed by atoms with Crippen molar-refractivity contribution in [3.63, 3.8) is 0 Å². The van der Waals surface area contributed by atoms with E-state index in [4.69, 9.17) is 20.9 Å². The molecule has 2 amide bonds. The standard InChI is InChI=1S/C24H24ClN3O4/c1-15-21(22(28-32-15)19-12-5-6-13-20(19)25)23(29)26-17-10-7-11-18(14-17)31-24(30)27-16-8-3-2-4-9-16/h2-6,8-9,12-13,17-18H,7,10-11,14H2,1H3,(H,26,29)(H,27,30). The Bertz CT molecular complexity index is 1100. The molecule has 1 aliphatic rings. The zero-order chi connectivity index (χ0) is 22.5. The highest BCUT2D eigenvalue weighted by molar-refractivity contribution is 6.33. The second-order valence-electron chi connectivity index (χ2n) is 7.80. The maximum Gasteiger partial charge on any atom is 0.411 e. The van der Waals surface area contributed by atoms with Gasteiger partial charge < -0.3 is 14.6 Å². The Kier molecular flexibility index (Phi) is 6.75. The monoisotopic (exact) mass is 453 g/mol. The maximum absolute atomic E-state index is 13.1. The molecule has 2 atom stereocenters. The van der Waals surface area contributed by atoms with E-state index in [-0.39, 0.29) is 18.1 Å². The zero-order valence-corrected chi connectivity index (χ0v) is 18.4. The molecule has 1 saturated carbocycles. The second-order valence-corrected chi connectivity index (χ2v) is 8.20. The van der Waals surface area contributed by atoms with Gasteiger partial charge in [-0.2, -0.15) is 0 Å².